The maximum absolute atomic E-state index is 12.0. The second kappa shape index (κ2) is 9.38. The van der Waals surface area contributed by atoms with Gasteiger partial charge in [0.2, 0.25) is 11.8 Å². The van der Waals surface area contributed by atoms with Crippen LogP contribution in [0.4, 0.5) is 5.69 Å². The van der Waals surface area contributed by atoms with E-state index in [4.69, 9.17) is 10.5 Å². The molecule has 0 bridgehead atoms. The minimum atomic E-state index is -0.493. The third-order valence-electron chi connectivity index (χ3n) is 3.88. The van der Waals surface area contributed by atoms with Gasteiger partial charge in [-0.1, -0.05) is 19.9 Å². The number of rotatable bonds is 8. The third kappa shape index (κ3) is 5.88. The molecule has 2 aromatic carbocycles. The van der Waals surface area contributed by atoms with Crippen LogP contribution in [0, 0.1) is 0 Å². The number of primary amides is 1. The average molecular weight is 419 g/mol. The Bertz CT molecular complexity index is 773. The highest BCUT2D eigenvalue weighted by Gasteiger charge is 2.07. The number of ether oxygens (including phenoxy) is 1. The zero-order valence-electron chi connectivity index (χ0n) is 14.9. The van der Waals surface area contributed by atoms with E-state index in [2.05, 4.69) is 41.2 Å². The van der Waals surface area contributed by atoms with Crippen molar-refractivity contribution < 1.29 is 14.3 Å². The topological polar surface area (TPSA) is 81.4 Å². The van der Waals surface area contributed by atoms with Crippen molar-refractivity contribution in [3.8, 4) is 5.75 Å². The first-order chi connectivity index (χ1) is 12.4. The number of carbonyl (C=O) groups excluding carboxylic acids is 2. The summed E-state index contributed by atoms with van der Waals surface area (Å²) >= 11 is 3.52. The van der Waals surface area contributed by atoms with Crippen molar-refractivity contribution in [1.82, 2.24) is 0 Å². The molecule has 0 radical (unpaired) electrons. The molecule has 0 aromatic heterocycles. The molecule has 0 unspecified atom stereocenters. The maximum Gasteiger partial charge on any atom is 0.248 e. The van der Waals surface area contributed by atoms with E-state index < -0.39 is 5.91 Å². The number of nitrogens with one attached hydrogen (secondary N) is 1. The van der Waals surface area contributed by atoms with Gasteiger partial charge in [-0.2, -0.15) is 0 Å². The molecular formula is C20H23BrN2O3. The van der Waals surface area contributed by atoms with Crippen LogP contribution in [-0.2, 0) is 4.79 Å². The van der Waals surface area contributed by atoms with E-state index in [0.29, 0.717) is 36.6 Å². The zero-order valence-corrected chi connectivity index (χ0v) is 16.5. The van der Waals surface area contributed by atoms with Gasteiger partial charge in [-0.15, -0.1) is 0 Å². The lowest BCUT2D eigenvalue weighted by molar-refractivity contribution is -0.116. The molecule has 0 aliphatic carbocycles. The summed E-state index contributed by atoms with van der Waals surface area (Å²) in [6, 6.07) is 12.5. The molecule has 0 saturated carbocycles. The number of carbonyl (C=O) groups is 2. The average Bonchev–Trinajstić information content (AvgIpc) is 2.60. The van der Waals surface area contributed by atoms with Gasteiger partial charge < -0.3 is 15.8 Å². The standard InChI is InChI=1S/C20H23BrN2O3/c1-13(2)15-7-10-18(17(21)12-15)26-11-3-4-19(24)23-16-8-5-14(6-9-16)20(22)25/h5-10,12-13H,3-4,11H2,1-2H3,(H2,22,25)(H,23,24). The molecule has 2 aromatic rings. The lowest BCUT2D eigenvalue weighted by Crippen LogP contribution is -2.14. The Labute approximate surface area is 162 Å². The van der Waals surface area contributed by atoms with Gasteiger partial charge in [0.05, 0.1) is 11.1 Å². The van der Waals surface area contributed by atoms with Crippen LogP contribution in [0.25, 0.3) is 0 Å². The van der Waals surface area contributed by atoms with E-state index in [-0.39, 0.29) is 5.91 Å². The summed E-state index contributed by atoms with van der Waals surface area (Å²) in [5, 5.41) is 2.78. The number of halogens is 1. The SMILES string of the molecule is CC(C)c1ccc(OCCCC(=O)Nc2ccc(C(N)=O)cc2)c(Br)c1. The van der Waals surface area contributed by atoms with Crippen molar-refractivity contribution in [3.63, 3.8) is 0 Å². The maximum atomic E-state index is 12.0. The molecule has 2 amide bonds. The van der Waals surface area contributed by atoms with Crippen molar-refractivity contribution >= 4 is 33.4 Å². The quantitative estimate of drug-likeness (QED) is 0.620. The van der Waals surface area contributed by atoms with Crippen molar-refractivity contribution in [2.75, 3.05) is 11.9 Å². The molecule has 5 nitrogen and oxygen atoms in total. The molecule has 0 aliphatic heterocycles. The number of nitrogens with two attached hydrogens (primary N) is 1. The number of amides is 2. The van der Waals surface area contributed by atoms with Crippen molar-refractivity contribution in [2.24, 2.45) is 5.73 Å². The Morgan fingerprint density at radius 1 is 1.15 bits per heavy atom. The minimum absolute atomic E-state index is 0.102. The zero-order chi connectivity index (χ0) is 19.1. The fourth-order valence-electron chi connectivity index (χ4n) is 2.35. The van der Waals surface area contributed by atoms with Gasteiger partial charge in [-0.3, -0.25) is 9.59 Å². The Hall–Kier alpha value is -2.34. The summed E-state index contributed by atoms with van der Waals surface area (Å²) in [6.07, 6.45) is 0.947. The first kappa shape index (κ1) is 20.0. The number of hydrogen-bond acceptors (Lipinski definition) is 3. The minimum Gasteiger partial charge on any atom is -0.492 e. The fourth-order valence-corrected chi connectivity index (χ4v) is 2.86. The Morgan fingerprint density at radius 2 is 1.85 bits per heavy atom. The Morgan fingerprint density at radius 3 is 2.42 bits per heavy atom. The van der Waals surface area contributed by atoms with E-state index >= 15 is 0 Å². The monoisotopic (exact) mass is 418 g/mol. The molecular weight excluding hydrogens is 396 g/mol. The van der Waals surface area contributed by atoms with E-state index in [9.17, 15) is 9.59 Å². The summed E-state index contributed by atoms with van der Waals surface area (Å²) in [4.78, 5) is 23.0. The molecule has 3 N–H and O–H groups in total. The second-order valence-electron chi connectivity index (χ2n) is 6.29. The van der Waals surface area contributed by atoms with Gasteiger partial charge in [0.25, 0.3) is 0 Å². The van der Waals surface area contributed by atoms with Gasteiger partial charge in [-0.05, 0) is 70.2 Å². The first-order valence-corrected chi connectivity index (χ1v) is 9.28. The van der Waals surface area contributed by atoms with Crippen LogP contribution in [0.5, 0.6) is 5.75 Å². The largest absolute Gasteiger partial charge is 0.492 e. The molecule has 0 fully saturated rings. The lowest BCUT2D eigenvalue weighted by atomic mass is 10.0. The first-order valence-electron chi connectivity index (χ1n) is 8.49. The van der Waals surface area contributed by atoms with Crippen molar-refractivity contribution in [1.29, 1.82) is 0 Å². The summed E-state index contributed by atoms with van der Waals surface area (Å²) in [7, 11) is 0. The molecule has 138 valence electrons. The van der Waals surface area contributed by atoms with Gasteiger partial charge in [0, 0.05) is 17.7 Å². The molecule has 0 spiro atoms. The number of anilines is 1. The van der Waals surface area contributed by atoms with Gasteiger partial charge in [-0.25, -0.2) is 0 Å². The molecule has 0 aliphatic rings. The molecule has 0 heterocycles. The Kier molecular flexibility index (Phi) is 7.21. The molecule has 26 heavy (non-hydrogen) atoms. The molecule has 6 heteroatoms. The smallest absolute Gasteiger partial charge is 0.248 e. The lowest BCUT2D eigenvalue weighted by Gasteiger charge is -2.11. The highest BCUT2D eigenvalue weighted by atomic mass is 79.9. The second-order valence-corrected chi connectivity index (χ2v) is 7.14. The van der Waals surface area contributed by atoms with Crippen molar-refractivity contribution in [2.45, 2.75) is 32.6 Å². The van der Waals surface area contributed by atoms with Crippen LogP contribution in [-0.4, -0.2) is 18.4 Å². The van der Waals surface area contributed by atoms with Gasteiger partial charge >= 0.3 is 0 Å². The van der Waals surface area contributed by atoms with Gasteiger partial charge in [0.1, 0.15) is 5.75 Å². The van der Waals surface area contributed by atoms with E-state index in [0.717, 1.165) is 10.2 Å². The van der Waals surface area contributed by atoms with Crippen LogP contribution in [0.2, 0.25) is 0 Å². The van der Waals surface area contributed by atoms with Gasteiger partial charge in [0.15, 0.2) is 0 Å². The summed E-state index contributed by atoms with van der Waals surface area (Å²) in [5.41, 5.74) is 7.47. The number of hydrogen-bond donors (Lipinski definition) is 2. The summed E-state index contributed by atoms with van der Waals surface area (Å²) in [6.45, 7) is 4.73. The third-order valence-corrected chi connectivity index (χ3v) is 4.50. The van der Waals surface area contributed by atoms with E-state index in [1.54, 1.807) is 24.3 Å². The van der Waals surface area contributed by atoms with Crippen molar-refractivity contribution in [3.05, 3.63) is 58.1 Å². The normalized spacial score (nSPS) is 10.6. The highest BCUT2D eigenvalue weighted by Crippen LogP contribution is 2.29. The predicted molar refractivity (Wildman–Crippen MR) is 107 cm³/mol. The Balaban J connectivity index is 1.75. The molecule has 2 rings (SSSR count). The highest BCUT2D eigenvalue weighted by molar-refractivity contribution is 9.10. The van der Waals surface area contributed by atoms with Crippen LogP contribution in [0.1, 0.15) is 48.5 Å². The summed E-state index contributed by atoms with van der Waals surface area (Å²) < 4.78 is 6.66. The van der Waals surface area contributed by atoms with E-state index in [1.165, 1.54) is 5.56 Å². The molecule has 0 saturated heterocycles. The van der Waals surface area contributed by atoms with Crippen LogP contribution < -0.4 is 15.8 Å². The predicted octanol–water partition coefficient (Wildman–Crippen LogP) is 4.47. The fraction of sp³-hybridized carbons (Fsp3) is 0.300. The number of benzene rings is 2. The summed E-state index contributed by atoms with van der Waals surface area (Å²) in [5.74, 6) is 0.639. The van der Waals surface area contributed by atoms with Crippen LogP contribution in [0.3, 0.4) is 0 Å². The van der Waals surface area contributed by atoms with Crippen LogP contribution in [0.15, 0.2) is 46.9 Å². The van der Waals surface area contributed by atoms with Crippen LogP contribution >= 0.6 is 15.9 Å². The molecule has 0 atom stereocenters. The van der Waals surface area contributed by atoms with E-state index in [1.807, 2.05) is 12.1 Å².